The van der Waals surface area contributed by atoms with Gasteiger partial charge in [-0.3, -0.25) is 9.59 Å². The Bertz CT molecular complexity index is 830. The third-order valence-corrected chi connectivity index (χ3v) is 5.04. The molecule has 1 saturated heterocycles. The first kappa shape index (κ1) is 18.5. The van der Waals surface area contributed by atoms with E-state index in [1.165, 1.54) is 5.56 Å². The highest BCUT2D eigenvalue weighted by atomic mass is 35.5. The van der Waals surface area contributed by atoms with Crippen molar-refractivity contribution < 1.29 is 9.59 Å². The molecule has 2 amide bonds. The Labute approximate surface area is 159 Å². The minimum atomic E-state index is -0.370. The summed E-state index contributed by atoms with van der Waals surface area (Å²) in [5.41, 5.74) is 3.72. The fourth-order valence-electron chi connectivity index (χ4n) is 3.19. The number of carbonyl (C=O) groups excluding carboxylic acids is 2. The molecule has 1 aliphatic heterocycles. The van der Waals surface area contributed by atoms with Gasteiger partial charge in [0.1, 0.15) is 0 Å². The Kier molecular flexibility index (Phi) is 5.33. The second-order valence-electron chi connectivity index (χ2n) is 7.10. The molecule has 0 aromatic heterocycles. The smallest absolute Gasteiger partial charge is 0.229 e. The molecule has 0 bridgehead atoms. The van der Waals surface area contributed by atoms with Crippen LogP contribution >= 0.6 is 11.6 Å². The number of amides is 2. The highest BCUT2D eigenvalue weighted by molar-refractivity contribution is 6.31. The lowest BCUT2D eigenvalue weighted by Crippen LogP contribution is -2.28. The first-order valence-electron chi connectivity index (χ1n) is 8.82. The summed E-state index contributed by atoms with van der Waals surface area (Å²) in [5.74, 6) is -0.101. The van der Waals surface area contributed by atoms with Crippen LogP contribution in [0.1, 0.15) is 37.3 Å². The van der Waals surface area contributed by atoms with Crippen LogP contribution in [-0.4, -0.2) is 18.4 Å². The van der Waals surface area contributed by atoms with Crippen LogP contribution in [0.2, 0.25) is 5.02 Å². The maximum absolute atomic E-state index is 12.6. The van der Waals surface area contributed by atoms with Crippen molar-refractivity contribution in [3.8, 4) is 0 Å². The van der Waals surface area contributed by atoms with E-state index in [1.54, 1.807) is 17.0 Å². The number of carbonyl (C=O) groups is 2. The van der Waals surface area contributed by atoms with Gasteiger partial charge < -0.3 is 10.2 Å². The van der Waals surface area contributed by atoms with Gasteiger partial charge >= 0.3 is 0 Å². The van der Waals surface area contributed by atoms with Gasteiger partial charge in [0.05, 0.1) is 5.92 Å². The van der Waals surface area contributed by atoms with Crippen LogP contribution in [0.25, 0.3) is 0 Å². The molecule has 2 aromatic carbocycles. The Morgan fingerprint density at radius 2 is 1.88 bits per heavy atom. The third-order valence-electron chi connectivity index (χ3n) is 4.80. The molecule has 0 radical (unpaired) electrons. The standard InChI is InChI=1S/C21H23ClN2O2/c1-13(2)15-5-8-18(9-6-15)23-21(26)16-10-20(25)24(12-16)19-11-17(22)7-4-14(19)3/h4-9,11,13,16H,10,12H2,1-3H3,(H,23,26). The molecule has 3 rings (SSSR count). The summed E-state index contributed by atoms with van der Waals surface area (Å²) >= 11 is 6.07. The van der Waals surface area contributed by atoms with Crippen LogP contribution in [0.3, 0.4) is 0 Å². The van der Waals surface area contributed by atoms with Crippen molar-refractivity contribution in [1.82, 2.24) is 0 Å². The Morgan fingerprint density at radius 3 is 2.54 bits per heavy atom. The number of rotatable bonds is 4. The van der Waals surface area contributed by atoms with E-state index in [-0.39, 0.29) is 24.2 Å². The van der Waals surface area contributed by atoms with Crippen LogP contribution in [0.5, 0.6) is 0 Å². The van der Waals surface area contributed by atoms with Gasteiger partial charge in [-0.1, -0.05) is 43.6 Å². The maximum atomic E-state index is 12.6. The van der Waals surface area contributed by atoms with Crippen LogP contribution in [0, 0.1) is 12.8 Å². The Balaban J connectivity index is 1.70. The summed E-state index contributed by atoms with van der Waals surface area (Å²) in [6.45, 7) is 6.56. The Morgan fingerprint density at radius 1 is 1.19 bits per heavy atom. The van der Waals surface area contributed by atoms with E-state index in [0.717, 1.165) is 16.9 Å². The average Bonchev–Trinajstić information content (AvgIpc) is 2.99. The van der Waals surface area contributed by atoms with E-state index in [9.17, 15) is 9.59 Å². The van der Waals surface area contributed by atoms with Crippen molar-refractivity contribution in [2.24, 2.45) is 5.92 Å². The van der Waals surface area contributed by atoms with Crippen LogP contribution < -0.4 is 10.2 Å². The first-order valence-corrected chi connectivity index (χ1v) is 9.20. The molecular weight excluding hydrogens is 348 g/mol. The van der Waals surface area contributed by atoms with Gasteiger partial charge in [-0.15, -0.1) is 0 Å². The molecule has 0 aliphatic carbocycles. The lowest BCUT2D eigenvalue weighted by atomic mass is 10.0. The van der Waals surface area contributed by atoms with Gasteiger partial charge in [0.25, 0.3) is 0 Å². The molecule has 1 aliphatic rings. The zero-order valence-corrected chi connectivity index (χ0v) is 16.0. The van der Waals surface area contributed by atoms with Gasteiger partial charge in [-0.2, -0.15) is 0 Å². The SMILES string of the molecule is Cc1ccc(Cl)cc1N1CC(C(=O)Nc2ccc(C(C)C)cc2)CC1=O. The summed E-state index contributed by atoms with van der Waals surface area (Å²) in [7, 11) is 0. The van der Waals surface area contributed by atoms with Crippen molar-refractivity contribution in [2.75, 3.05) is 16.8 Å². The highest BCUT2D eigenvalue weighted by Gasteiger charge is 2.35. The predicted octanol–water partition coefficient (Wildman–Crippen LogP) is 4.76. The fraction of sp³-hybridized carbons (Fsp3) is 0.333. The van der Waals surface area contributed by atoms with E-state index < -0.39 is 0 Å². The van der Waals surface area contributed by atoms with Crippen molar-refractivity contribution in [3.05, 3.63) is 58.6 Å². The zero-order valence-electron chi connectivity index (χ0n) is 15.3. The summed E-state index contributed by atoms with van der Waals surface area (Å²) in [6.07, 6.45) is 0.210. The first-order chi connectivity index (χ1) is 12.3. The van der Waals surface area contributed by atoms with E-state index in [0.29, 0.717) is 17.5 Å². The summed E-state index contributed by atoms with van der Waals surface area (Å²) < 4.78 is 0. The van der Waals surface area contributed by atoms with Crippen molar-refractivity contribution in [3.63, 3.8) is 0 Å². The number of hydrogen-bond donors (Lipinski definition) is 1. The minimum Gasteiger partial charge on any atom is -0.326 e. The number of nitrogens with one attached hydrogen (secondary N) is 1. The zero-order chi connectivity index (χ0) is 18.8. The molecule has 1 N–H and O–H groups in total. The highest BCUT2D eigenvalue weighted by Crippen LogP contribution is 2.30. The van der Waals surface area contributed by atoms with Crippen LogP contribution in [-0.2, 0) is 9.59 Å². The van der Waals surface area contributed by atoms with Crippen LogP contribution in [0.15, 0.2) is 42.5 Å². The van der Waals surface area contributed by atoms with Gasteiger partial charge in [0.2, 0.25) is 11.8 Å². The summed E-state index contributed by atoms with van der Waals surface area (Å²) in [4.78, 5) is 26.7. The lowest BCUT2D eigenvalue weighted by molar-refractivity contribution is -0.122. The van der Waals surface area contributed by atoms with Gasteiger partial charge in [-0.05, 0) is 48.2 Å². The normalized spacial score (nSPS) is 17.0. The number of halogens is 1. The summed E-state index contributed by atoms with van der Waals surface area (Å²) in [5, 5.41) is 3.50. The molecule has 1 heterocycles. The van der Waals surface area contributed by atoms with Gasteiger partial charge in [0.15, 0.2) is 0 Å². The van der Waals surface area contributed by atoms with Gasteiger partial charge in [0, 0.05) is 29.4 Å². The molecule has 1 unspecified atom stereocenters. The molecule has 0 spiro atoms. The number of aryl methyl sites for hydroxylation is 1. The molecular formula is C21H23ClN2O2. The fourth-order valence-corrected chi connectivity index (χ4v) is 3.35. The van der Waals surface area contributed by atoms with Gasteiger partial charge in [-0.25, -0.2) is 0 Å². The quantitative estimate of drug-likeness (QED) is 0.843. The van der Waals surface area contributed by atoms with E-state index >= 15 is 0 Å². The molecule has 2 aromatic rings. The van der Waals surface area contributed by atoms with Crippen molar-refractivity contribution >= 4 is 34.8 Å². The summed E-state index contributed by atoms with van der Waals surface area (Å²) in [6, 6.07) is 13.3. The number of hydrogen-bond acceptors (Lipinski definition) is 2. The Hall–Kier alpha value is -2.33. The topological polar surface area (TPSA) is 49.4 Å². The van der Waals surface area contributed by atoms with E-state index in [1.807, 2.05) is 37.3 Å². The second kappa shape index (κ2) is 7.50. The average molecular weight is 371 g/mol. The molecule has 136 valence electrons. The predicted molar refractivity (Wildman–Crippen MR) is 106 cm³/mol. The third kappa shape index (κ3) is 3.91. The lowest BCUT2D eigenvalue weighted by Gasteiger charge is -2.19. The second-order valence-corrected chi connectivity index (χ2v) is 7.54. The largest absolute Gasteiger partial charge is 0.326 e. The number of anilines is 2. The number of nitrogens with zero attached hydrogens (tertiary/aromatic N) is 1. The van der Waals surface area contributed by atoms with Crippen molar-refractivity contribution in [1.29, 1.82) is 0 Å². The molecule has 1 atom stereocenters. The van der Waals surface area contributed by atoms with E-state index in [2.05, 4.69) is 19.2 Å². The monoisotopic (exact) mass is 370 g/mol. The number of benzene rings is 2. The maximum Gasteiger partial charge on any atom is 0.229 e. The molecule has 5 heteroatoms. The van der Waals surface area contributed by atoms with Crippen molar-refractivity contribution in [2.45, 2.75) is 33.1 Å². The minimum absolute atomic E-state index is 0.0503. The van der Waals surface area contributed by atoms with Crippen LogP contribution in [0.4, 0.5) is 11.4 Å². The van der Waals surface area contributed by atoms with E-state index in [4.69, 9.17) is 11.6 Å². The molecule has 4 nitrogen and oxygen atoms in total. The molecule has 26 heavy (non-hydrogen) atoms. The molecule has 0 saturated carbocycles. The molecule has 1 fully saturated rings.